The van der Waals surface area contributed by atoms with E-state index in [-0.39, 0.29) is 24.2 Å². The Bertz CT molecular complexity index is 342. The first-order valence-electron chi connectivity index (χ1n) is 6.79. The van der Waals surface area contributed by atoms with Gasteiger partial charge in [0.2, 0.25) is 0 Å². The third-order valence-corrected chi connectivity index (χ3v) is 3.56. The Hall–Kier alpha value is -0.850. The molecule has 2 saturated heterocycles. The predicted molar refractivity (Wildman–Crippen MR) is 69.6 cm³/mol. The van der Waals surface area contributed by atoms with E-state index in [4.69, 9.17) is 15.2 Å². The second-order valence-electron chi connectivity index (χ2n) is 6.47. The normalized spacial score (nSPS) is 35.7. The van der Waals surface area contributed by atoms with Crippen LogP contribution in [0.4, 0.5) is 4.79 Å². The number of ether oxygens (including phenoxy) is 2. The van der Waals surface area contributed by atoms with Gasteiger partial charge in [0.25, 0.3) is 0 Å². The van der Waals surface area contributed by atoms with E-state index >= 15 is 0 Å². The molecular weight excluding hydrogens is 248 g/mol. The number of hydrogen-bond acceptors (Lipinski definition) is 5. The van der Waals surface area contributed by atoms with Gasteiger partial charge in [-0.25, -0.2) is 4.79 Å². The first kappa shape index (κ1) is 14.6. The van der Waals surface area contributed by atoms with Crippen LogP contribution in [-0.2, 0) is 9.47 Å². The smallest absolute Gasteiger partial charge is 0.410 e. The van der Waals surface area contributed by atoms with Crippen molar-refractivity contribution < 1.29 is 19.4 Å². The molecule has 1 amide bonds. The summed E-state index contributed by atoms with van der Waals surface area (Å²) in [5, 5.41) is 9.61. The zero-order valence-electron chi connectivity index (χ0n) is 11.8. The standard InChI is InChI=1S/C13H24N2O4/c1-13(2,3)19-12(17)15-5-10(14)9-4-8(16)7-18-11(9)6-15/h8-11,16H,4-7,14H2,1-3H3/t8?,9-,10-,11+/m0/s1. The fourth-order valence-corrected chi connectivity index (χ4v) is 2.69. The molecule has 0 aromatic rings. The van der Waals surface area contributed by atoms with Crippen molar-refractivity contribution in [3.63, 3.8) is 0 Å². The molecule has 110 valence electrons. The fourth-order valence-electron chi connectivity index (χ4n) is 2.69. The number of rotatable bonds is 0. The molecule has 0 spiro atoms. The first-order valence-corrected chi connectivity index (χ1v) is 6.79. The van der Waals surface area contributed by atoms with Crippen LogP contribution in [0.2, 0.25) is 0 Å². The van der Waals surface area contributed by atoms with Crippen molar-refractivity contribution in [2.75, 3.05) is 19.7 Å². The lowest BCUT2D eigenvalue weighted by Gasteiger charge is -2.45. The Balaban J connectivity index is 1.98. The van der Waals surface area contributed by atoms with Crippen LogP contribution in [0.25, 0.3) is 0 Å². The van der Waals surface area contributed by atoms with Crippen molar-refractivity contribution in [1.82, 2.24) is 4.90 Å². The van der Waals surface area contributed by atoms with Crippen molar-refractivity contribution in [2.24, 2.45) is 11.7 Å². The summed E-state index contributed by atoms with van der Waals surface area (Å²) < 4.78 is 10.9. The topological polar surface area (TPSA) is 85.0 Å². The van der Waals surface area contributed by atoms with Crippen LogP contribution in [0.1, 0.15) is 27.2 Å². The van der Waals surface area contributed by atoms with E-state index in [1.54, 1.807) is 4.90 Å². The highest BCUT2D eigenvalue weighted by molar-refractivity contribution is 5.68. The highest BCUT2D eigenvalue weighted by atomic mass is 16.6. The number of aliphatic hydroxyl groups excluding tert-OH is 1. The molecule has 6 nitrogen and oxygen atoms in total. The molecule has 0 radical (unpaired) electrons. The van der Waals surface area contributed by atoms with Crippen molar-refractivity contribution in [1.29, 1.82) is 0 Å². The van der Waals surface area contributed by atoms with E-state index in [1.807, 2.05) is 20.8 Å². The summed E-state index contributed by atoms with van der Waals surface area (Å²) >= 11 is 0. The summed E-state index contributed by atoms with van der Waals surface area (Å²) in [4.78, 5) is 13.6. The van der Waals surface area contributed by atoms with Gasteiger partial charge in [0.15, 0.2) is 0 Å². The highest BCUT2D eigenvalue weighted by Crippen LogP contribution is 2.29. The first-order chi connectivity index (χ1) is 8.76. The van der Waals surface area contributed by atoms with Gasteiger partial charge in [-0.2, -0.15) is 0 Å². The van der Waals surface area contributed by atoms with Crippen molar-refractivity contribution in [2.45, 2.75) is 51.0 Å². The molecule has 0 bridgehead atoms. The second kappa shape index (κ2) is 5.26. The number of carbonyl (C=O) groups is 1. The molecule has 6 heteroatoms. The van der Waals surface area contributed by atoms with Gasteiger partial charge < -0.3 is 25.2 Å². The average Bonchev–Trinajstić information content (AvgIpc) is 2.27. The number of hydrogen-bond donors (Lipinski definition) is 2. The maximum atomic E-state index is 12.0. The maximum absolute atomic E-state index is 12.0. The minimum Gasteiger partial charge on any atom is -0.444 e. The predicted octanol–water partition coefficient (Wildman–Crippen LogP) is 0.330. The number of aliphatic hydroxyl groups is 1. The minimum atomic E-state index is -0.512. The lowest BCUT2D eigenvalue weighted by Crippen LogP contribution is -2.61. The fraction of sp³-hybridized carbons (Fsp3) is 0.923. The van der Waals surface area contributed by atoms with E-state index in [2.05, 4.69) is 0 Å². The summed E-state index contributed by atoms with van der Waals surface area (Å²) in [5.41, 5.74) is 5.59. The molecule has 3 N–H and O–H groups in total. The lowest BCUT2D eigenvalue weighted by molar-refractivity contribution is -0.121. The SMILES string of the molecule is CC(C)(C)OC(=O)N1C[C@H](N)[C@@H]2CC(O)CO[C@@H]2C1. The van der Waals surface area contributed by atoms with Gasteiger partial charge in [-0.3, -0.25) is 0 Å². The number of fused-ring (bicyclic) bond motifs is 1. The summed E-state index contributed by atoms with van der Waals surface area (Å²) in [7, 11) is 0. The van der Waals surface area contributed by atoms with E-state index in [0.717, 1.165) is 0 Å². The summed E-state index contributed by atoms with van der Waals surface area (Å²) in [5.74, 6) is 0.113. The number of carbonyl (C=O) groups excluding carboxylic acids is 1. The van der Waals surface area contributed by atoms with Crippen LogP contribution < -0.4 is 5.73 Å². The van der Waals surface area contributed by atoms with Gasteiger partial charge in [-0.05, 0) is 27.2 Å². The van der Waals surface area contributed by atoms with Gasteiger partial charge in [0, 0.05) is 18.5 Å². The maximum Gasteiger partial charge on any atom is 0.410 e. The number of nitrogens with zero attached hydrogens (tertiary/aromatic N) is 1. The number of likely N-dealkylation sites (tertiary alicyclic amines) is 1. The zero-order chi connectivity index (χ0) is 14.2. The van der Waals surface area contributed by atoms with Gasteiger partial charge in [0.05, 0.1) is 25.4 Å². The quantitative estimate of drug-likeness (QED) is 0.664. The van der Waals surface area contributed by atoms with Crippen LogP contribution >= 0.6 is 0 Å². The molecule has 19 heavy (non-hydrogen) atoms. The Morgan fingerprint density at radius 3 is 2.74 bits per heavy atom. The van der Waals surface area contributed by atoms with Crippen LogP contribution in [0.5, 0.6) is 0 Å². The van der Waals surface area contributed by atoms with Gasteiger partial charge >= 0.3 is 6.09 Å². The summed E-state index contributed by atoms with van der Waals surface area (Å²) in [6.45, 7) is 6.77. The summed E-state index contributed by atoms with van der Waals surface area (Å²) in [6, 6.07) is -0.179. The Labute approximate surface area is 113 Å². The average molecular weight is 272 g/mol. The van der Waals surface area contributed by atoms with Crippen LogP contribution in [0.3, 0.4) is 0 Å². The van der Waals surface area contributed by atoms with Gasteiger partial charge in [-0.15, -0.1) is 0 Å². The zero-order valence-corrected chi connectivity index (χ0v) is 11.8. The third kappa shape index (κ3) is 3.58. The minimum absolute atomic E-state index is 0.0975. The number of piperidine rings is 1. The molecule has 1 unspecified atom stereocenters. The Kier molecular flexibility index (Phi) is 4.03. The van der Waals surface area contributed by atoms with Crippen molar-refractivity contribution in [3.05, 3.63) is 0 Å². The van der Waals surface area contributed by atoms with Crippen LogP contribution in [-0.4, -0.2) is 59.6 Å². The largest absolute Gasteiger partial charge is 0.444 e. The molecule has 0 saturated carbocycles. The molecule has 0 aromatic carbocycles. The molecule has 0 aromatic heterocycles. The van der Waals surface area contributed by atoms with Crippen molar-refractivity contribution in [3.8, 4) is 0 Å². The third-order valence-electron chi connectivity index (χ3n) is 3.56. The molecule has 0 aliphatic carbocycles. The Morgan fingerprint density at radius 2 is 2.11 bits per heavy atom. The molecule has 2 rings (SSSR count). The molecule has 2 aliphatic rings. The van der Waals surface area contributed by atoms with Crippen LogP contribution in [0.15, 0.2) is 0 Å². The molecule has 2 aliphatic heterocycles. The lowest BCUT2D eigenvalue weighted by atomic mass is 9.83. The molecule has 4 atom stereocenters. The molecule has 2 fully saturated rings. The van der Waals surface area contributed by atoms with E-state index in [0.29, 0.717) is 26.1 Å². The molecule has 2 heterocycles. The second-order valence-corrected chi connectivity index (χ2v) is 6.47. The Morgan fingerprint density at radius 1 is 1.42 bits per heavy atom. The number of nitrogens with two attached hydrogens (primary N) is 1. The van der Waals surface area contributed by atoms with Crippen molar-refractivity contribution >= 4 is 6.09 Å². The monoisotopic (exact) mass is 272 g/mol. The molecular formula is C13H24N2O4. The van der Waals surface area contributed by atoms with Gasteiger partial charge in [-0.1, -0.05) is 0 Å². The summed E-state index contributed by atoms with van der Waals surface area (Å²) in [6.07, 6.45) is -0.246. The van der Waals surface area contributed by atoms with Gasteiger partial charge in [0.1, 0.15) is 5.60 Å². The van der Waals surface area contributed by atoms with E-state index in [9.17, 15) is 9.90 Å². The van der Waals surface area contributed by atoms with E-state index < -0.39 is 11.7 Å². The van der Waals surface area contributed by atoms with Crippen LogP contribution in [0, 0.1) is 5.92 Å². The number of amides is 1. The highest BCUT2D eigenvalue weighted by Gasteiger charge is 2.42. The van der Waals surface area contributed by atoms with E-state index in [1.165, 1.54) is 0 Å².